The topological polar surface area (TPSA) is 97.0 Å². The van der Waals surface area contributed by atoms with Crippen molar-refractivity contribution in [3.8, 4) is 11.1 Å². The molecule has 0 aliphatic carbocycles. The van der Waals surface area contributed by atoms with E-state index < -0.39 is 6.29 Å². The summed E-state index contributed by atoms with van der Waals surface area (Å²) in [6.07, 6.45) is 2.90. The Hall–Kier alpha value is -3.66. The largest absolute Gasteiger partial charge is 0.392 e. The molecule has 8 heteroatoms. The van der Waals surface area contributed by atoms with E-state index in [1.165, 1.54) is 0 Å². The van der Waals surface area contributed by atoms with E-state index in [1.807, 2.05) is 30.3 Å². The summed E-state index contributed by atoms with van der Waals surface area (Å²) in [6.45, 7) is 7.14. The quantitative estimate of drug-likeness (QED) is 0.317. The number of hydrogen-bond acceptors (Lipinski definition) is 8. The molecule has 2 saturated heterocycles. The molecule has 0 bridgehead atoms. The monoisotopic (exact) mass is 565 g/mol. The van der Waals surface area contributed by atoms with E-state index in [1.54, 1.807) is 12.4 Å². The molecule has 4 atom stereocenters. The first kappa shape index (κ1) is 28.5. The summed E-state index contributed by atoms with van der Waals surface area (Å²) in [5.74, 6) is 0.914. The van der Waals surface area contributed by atoms with Crippen molar-refractivity contribution in [1.29, 1.82) is 0 Å². The Morgan fingerprint density at radius 1 is 0.810 bits per heavy atom. The van der Waals surface area contributed by atoms with Crippen molar-refractivity contribution >= 4 is 5.95 Å². The Morgan fingerprint density at radius 2 is 1.52 bits per heavy atom. The van der Waals surface area contributed by atoms with E-state index in [-0.39, 0.29) is 24.7 Å². The number of nitrogens with two attached hydrogens (primary N) is 1. The molecular formula is C34H39N5O3. The minimum Gasteiger partial charge on any atom is -0.392 e. The Labute approximate surface area is 247 Å². The van der Waals surface area contributed by atoms with Crippen LogP contribution in [0.1, 0.15) is 41.6 Å². The lowest BCUT2D eigenvalue weighted by molar-refractivity contribution is -0.276. The zero-order valence-electron chi connectivity index (χ0n) is 24.0. The standard InChI is InChI=1S/C34H39N5O3/c1-24-31(22-38-15-17-39(18-16-38)34-36-13-4-14-37-34)41-33(42-32(24)27-11-9-25(23-40)10-12-27)30-8-3-7-29(20-30)28-6-2-5-26(19-28)21-35/h2-14,19-20,24,31-33,40H,15-18,21-23,35H2,1H3/t24-,31+,32+,33+/m1/s1. The second-order valence-electron chi connectivity index (χ2n) is 11.2. The number of hydrogen-bond donors (Lipinski definition) is 2. The predicted octanol–water partition coefficient (Wildman–Crippen LogP) is 4.71. The fraction of sp³-hybridized carbons (Fsp3) is 0.353. The van der Waals surface area contributed by atoms with Gasteiger partial charge in [0.1, 0.15) is 0 Å². The van der Waals surface area contributed by atoms with Crippen LogP contribution in [-0.4, -0.2) is 58.8 Å². The van der Waals surface area contributed by atoms with Gasteiger partial charge in [0, 0.05) is 63.1 Å². The number of aliphatic hydroxyl groups is 1. The fourth-order valence-corrected chi connectivity index (χ4v) is 5.91. The van der Waals surface area contributed by atoms with Gasteiger partial charge in [-0.25, -0.2) is 9.97 Å². The van der Waals surface area contributed by atoms with Gasteiger partial charge in [0.05, 0.1) is 18.8 Å². The number of piperazine rings is 1. The zero-order valence-corrected chi connectivity index (χ0v) is 24.0. The maximum absolute atomic E-state index is 9.58. The number of ether oxygens (including phenoxy) is 2. The van der Waals surface area contributed by atoms with E-state index in [0.29, 0.717) is 6.54 Å². The zero-order chi connectivity index (χ0) is 28.9. The van der Waals surface area contributed by atoms with Gasteiger partial charge in [0.15, 0.2) is 6.29 Å². The third kappa shape index (κ3) is 6.38. The lowest BCUT2D eigenvalue weighted by Gasteiger charge is -2.44. The number of anilines is 1. The minimum atomic E-state index is -0.509. The van der Waals surface area contributed by atoms with E-state index in [0.717, 1.165) is 72.1 Å². The predicted molar refractivity (Wildman–Crippen MR) is 163 cm³/mol. The number of nitrogens with zero attached hydrogens (tertiary/aromatic N) is 4. The number of rotatable bonds is 8. The van der Waals surface area contributed by atoms with Crippen molar-refractivity contribution in [2.45, 2.75) is 38.6 Å². The van der Waals surface area contributed by atoms with Gasteiger partial charge >= 0.3 is 0 Å². The van der Waals surface area contributed by atoms with E-state index in [2.05, 4.69) is 75.2 Å². The van der Waals surface area contributed by atoms with Gasteiger partial charge in [-0.15, -0.1) is 0 Å². The summed E-state index contributed by atoms with van der Waals surface area (Å²) in [5.41, 5.74) is 12.2. The molecule has 3 aromatic carbocycles. The molecule has 2 aliphatic heterocycles. The van der Waals surface area contributed by atoms with Gasteiger partial charge < -0.3 is 25.2 Å². The molecule has 3 heterocycles. The first-order valence-electron chi connectivity index (χ1n) is 14.8. The van der Waals surface area contributed by atoms with Crippen LogP contribution in [-0.2, 0) is 22.6 Å². The van der Waals surface area contributed by atoms with Crippen molar-refractivity contribution in [3.05, 3.63) is 114 Å². The van der Waals surface area contributed by atoms with Gasteiger partial charge in [0.2, 0.25) is 5.95 Å². The van der Waals surface area contributed by atoms with Crippen LogP contribution in [0.4, 0.5) is 5.95 Å². The van der Waals surface area contributed by atoms with Crippen LogP contribution >= 0.6 is 0 Å². The Morgan fingerprint density at radius 3 is 2.24 bits per heavy atom. The van der Waals surface area contributed by atoms with Crippen LogP contribution in [0.3, 0.4) is 0 Å². The van der Waals surface area contributed by atoms with Crippen LogP contribution in [0.15, 0.2) is 91.3 Å². The van der Waals surface area contributed by atoms with Crippen molar-refractivity contribution in [1.82, 2.24) is 14.9 Å². The summed E-state index contributed by atoms with van der Waals surface area (Å²) in [4.78, 5) is 13.6. The van der Waals surface area contributed by atoms with Crippen molar-refractivity contribution in [2.24, 2.45) is 11.7 Å². The molecule has 3 N–H and O–H groups in total. The molecule has 0 unspecified atom stereocenters. The fourth-order valence-electron chi connectivity index (χ4n) is 5.91. The highest BCUT2D eigenvalue weighted by Gasteiger charge is 2.39. The van der Waals surface area contributed by atoms with Gasteiger partial charge in [-0.2, -0.15) is 0 Å². The smallest absolute Gasteiger partial charge is 0.225 e. The van der Waals surface area contributed by atoms with E-state index in [4.69, 9.17) is 15.2 Å². The van der Waals surface area contributed by atoms with E-state index in [9.17, 15) is 5.11 Å². The van der Waals surface area contributed by atoms with Gasteiger partial charge in [-0.3, -0.25) is 4.90 Å². The first-order valence-corrected chi connectivity index (χ1v) is 14.8. The first-order chi connectivity index (χ1) is 20.6. The summed E-state index contributed by atoms with van der Waals surface area (Å²) in [7, 11) is 0. The Bertz CT molecular complexity index is 1440. The molecule has 0 spiro atoms. The lowest BCUT2D eigenvalue weighted by Crippen LogP contribution is -2.51. The summed E-state index contributed by atoms with van der Waals surface area (Å²) < 4.78 is 13.5. The molecule has 4 aromatic rings. The van der Waals surface area contributed by atoms with Crippen LogP contribution < -0.4 is 10.6 Å². The van der Waals surface area contributed by atoms with E-state index >= 15 is 0 Å². The number of benzene rings is 3. The molecule has 1 aromatic heterocycles. The number of aromatic nitrogens is 2. The molecule has 2 fully saturated rings. The second kappa shape index (κ2) is 13.1. The maximum atomic E-state index is 9.58. The van der Waals surface area contributed by atoms with Gasteiger partial charge in [-0.05, 0) is 46.0 Å². The van der Waals surface area contributed by atoms with Crippen LogP contribution in [0.5, 0.6) is 0 Å². The molecular weight excluding hydrogens is 526 g/mol. The molecule has 0 amide bonds. The summed E-state index contributed by atoms with van der Waals surface area (Å²) in [6, 6.07) is 26.7. The third-order valence-corrected chi connectivity index (χ3v) is 8.42. The third-order valence-electron chi connectivity index (χ3n) is 8.42. The summed E-state index contributed by atoms with van der Waals surface area (Å²) in [5, 5.41) is 9.58. The molecule has 2 aliphatic rings. The second-order valence-corrected chi connectivity index (χ2v) is 11.2. The lowest BCUT2D eigenvalue weighted by atomic mass is 9.89. The molecule has 0 saturated carbocycles. The minimum absolute atomic E-state index is 0.0217. The van der Waals surface area contributed by atoms with Crippen molar-refractivity contribution < 1.29 is 14.6 Å². The van der Waals surface area contributed by atoms with Crippen LogP contribution in [0, 0.1) is 5.92 Å². The highest BCUT2D eigenvalue weighted by atomic mass is 16.7. The summed E-state index contributed by atoms with van der Waals surface area (Å²) >= 11 is 0. The maximum Gasteiger partial charge on any atom is 0.225 e. The average molecular weight is 566 g/mol. The highest BCUT2D eigenvalue weighted by molar-refractivity contribution is 5.65. The van der Waals surface area contributed by atoms with Crippen LogP contribution in [0.2, 0.25) is 0 Å². The SMILES string of the molecule is C[C@@H]1[C@H](CN2CCN(c3ncccn3)CC2)O[C@H](c2cccc(-c3cccc(CN)c3)c2)O[C@@H]1c1ccc(CO)cc1. The molecule has 6 rings (SSSR count). The molecule has 0 radical (unpaired) electrons. The molecule has 8 nitrogen and oxygen atoms in total. The van der Waals surface area contributed by atoms with Crippen molar-refractivity contribution in [2.75, 3.05) is 37.6 Å². The normalized spacial score (nSPS) is 23.2. The Balaban J connectivity index is 1.23. The average Bonchev–Trinajstić information content (AvgIpc) is 3.06. The molecule has 218 valence electrons. The Kier molecular flexibility index (Phi) is 8.88. The highest BCUT2D eigenvalue weighted by Crippen LogP contribution is 2.42. The van der Waals surface area contributed by atoms with Crippen LogP contribution in [0.25, 0.3) is 11.1 Å². The van der Waals surface area contributed by atoms with Gasteiger partial charge in [0.25, 0.3) is 0 Å². The number of aliphatic hydroxyl groups excluding tert-OH is 1. The van der Waals surface area contributed by atoms with Gasteiger partial charge in [-0.1, -0.05) is 67.6 Å². The molecule has 42 heavy (non-hydrogen) atoms. The van der Waals surface area contributed by atoms with Crippen molar-refractivity contribution in [3.63, 3.8) is 0 Å².